The van der Waals surface area contributed by atoms with Gasteiger partial charge in [-0.15, -0.1) is 22.9 Å². The molecule has 0 saturated carbocycles. The van der Waals surface area contributed by atoms with Crippen LogP contribution in [0.3, 0.4) is 0 Å². The van der Waals surface area contributed by atoms with Crippen LogP contribution in [0.5, 0.6) is 0 Å². The van der Waals surface area contributed by atoms with Crippen molar-refractivity contribution in [3.63, 3.8) is 0 Å². The van der Waals surface area contributed by atoms with E-state index in [4.69, 9.17) is 11.6 Å². The summed E-state index contributed by atoms with van der Waals surface area (Å²) in [5.41, 5.74) is 6.10. The number of pyridine rings is 1. The fourth-order valence-corrected chi connectivity index (χ4v) is 5.95. The molecule has 0 bridgehead atoms. The third kappa shape index (κ3) is 5.50. The zero-order valence-electron chi connectivity index (χ0n) is 19.7. The minimum atomic E-state index is -0.241. The second-order valence-electron chi connectivity index (χ2n) is 8.89. The first-order valence-electron chi connectivity index (χ1n) is 12.0. The summed E-state index contributed by atoms with van der Waals surface area (Å²) in [7, 11) is 0. The Hall–Kier alpha value is -3.48. The molecule has 1 aliphatic carbocycles. The summed E-state index contributed by atoms with van der Waals surface area (Å²) in [6.07, 6.45) is 8.29. The maximum absolute atomic E-state index is 13.5. The Morgan fingerprint density at radius 3 is 2.39 bits per heavy atom. The van der Waals surface area contributed by atoms with Gasteiger partial charge in [0.25, 0.3) is 11.8 Å². The molecule has 0 saturated heterocycles. The Labute approximate surface area is 219 Å². The molecule has 2 heterocycles. The van der Waals surface area contributed by atoms with Crippen LogP contribution in [0.25, 0.3) is 0 Å². The van der Waals surface area contributed by atoms with Gasteiger partial charge in [-0.2, -0.15) is 0 Å². The Morgan fingerprint density at radius 2 is 1.61 bits per heavy atom. The number of benzene rings is 2. The summed E-state index contributed by atoms with van der Waals surface area (Å²) in [6.45, 7) is 0. The highest BCUT2D eigenvalue weighted by Crippen LogP contribution is 2.39. The predicted octanol–water partition coefficient (Wildman–Crippen LogP) is 6.86. The summed E-state index contributed by atoms with van der Waals surface area (Å²) in [6, 6.07) is 19.1. The number of fused-ring (bicyclic) bond motifs is 1. The lowest BCUT2D eigenvalue weighted by atomic mass is 9.95. The van der Waals surface area contributed by atoms with E-state index in [1.807, 2.05) is 48.5 Å². The van der Waals surface area contributed by atoms with E-state index in [2.05, 4.69) is 15.6 Å². The molecule has 0 spiro atoms. The number of anilines is 2. The second-order valence-corrected chi connectivity index (χ2v) is 10.3. The van der Waals surface area contributed by atoms with E-state index in [1.54, 1.807) is 24.5 Å². The van der Waals surface area contributed by atoms with Crippen LogP contribution in [0.15, 0.2) is 73.1 Å². The van der Waals surface area contributed by atoms with Crippen molar-refractivity contribution >= 4 is 45.4 Å². The van der Waals surface area contributed by atoms with Gasteiger partial charge in [-0.25, -0.2) is 0 Å². The molecule has 7 heteroatoms. The monoisotopic (exact) mass is 515 g/mol. The number of nitrogens with one attached hydrogen (secondary N) is 2. The average Bonchev–Trinajstić information content (AvgIpc) is 3.28. The van der Waals surface area contributed by atoms with Gasteiger partial charge in [0.2, 0.25) is 0 Å². The molecule has 5 rings (SSSR count). The number of thiophene rings is 1. The molecule has 0 radical (unpaired) electrons. The van der Waals surface area contributed by atoms with Crippen LogP contribution in [0.1, 0.15) is 60.7 Å². The number of halogens is 1. The number of aromatic nitrogens is 1. The van der Waals surface area contributed by atoms with Gasteiger partial charge in [0, 0.05) is 34.4 Å². The summed E-state index contributed by atoms with van der Waals surface area (Å²) in [4.78, 5) is 31.8. The molecular weight excluding hydrogens is 490 g/mol. The van der Waals surface area contributed by atoms with Gasteiger partial charge < -0.3 is 10.6 Å². The van der Waals surface area contributed by atoms with Gasteiger partial charge in [-0.05, 0) is 90.8 Å². The summed E-state index contributed by atoms with van der Waals surface area (Å²) < 4.78 is 0. The van der Waals surface area contributed by atoms with E-state index in [0.717, 1.165) is 54.5 Å². The maximum atomic E-state index is 13.5. The first kappa shape index (κ1) is 24.2. The zero-order valence-corrected chi connectivity index (χ0v) is 21.3. The van der Waals surface area contributed by atoms with Crippen molar-refractivity contribution in [1.29, 1.82) is 0 Å². The molecule has 0 unspecified atom stereocenters. The standard InChI is InChI=1S/C29H26ClN3O2S/c30-18-21-4-3-5-22(17-21)27(34)33-29-26(24-6-1-2-7-25(24)36-29)28(35)32-23-10-8-19(9-11-23)16-20-12-14-31-15-13-20/h3-5,8-15,17H,1-2,6-7,16,18H2,(H,32,35)(H,33,34). The molecule has 2 aromatic heterocycles. The van der Waals surface area contributed by atoms with E-state index >= 15 is 0 Å². The molecule has 2 aromatic carbocycles. The van der Waals surface area contributed by atoms with Gasteiger partial charge >= 0.3 is 0 Å². The van der Waals surface area contributed by atoms with Gasteiger partial charge in [0.1, 0.15) is 5.00 Å². The largest absolute Gasteiger partial charge is 0.322 e. The van der Waals surface area contributed by atoms with Crippen LogP contribution < -0.4 is 10.6 Å². The molecule has 2 N–H and O–H groups in total. The lowest BCUT2D eigenvalue weighted by Gasteiger charge is -2.14. The van der Waals surface area contributed by atoms with Gasteiger partial charge in [-0.1, -0.05) is 24.3 Å². The van der Waals surface area contributed by atoms with Gasteiger partial charge in [-0.3, -0.25) is 14.6 Å². The molecule has 36 heavy (non-hydrogen) atoms. The number of alkyl halides is 1. The van der Waals surface area contributed by atoms with Crippen LogP contribution in [0.4, 0.5) is 10.7 Å². The third-order valence-electron chi connectivity index (χ3n) is 6.34. The number of carbonyl (C=O) groups is 2. The third-order valence-corrected chi connectivity index (χ3v) is 7.85. The molecule has 5 nitrogen and oxygen atoms in total. The Balaban J connectivity index is 1.36. The highest BCUT2D eigenvalue weighted by Gasteiger charge is 2.26. The van der Waals surface area contributed by atoms with Gasteiger partial charge in [0.05, 0.1) is 5.56 Å². The Morgan fingerprint density at radius 1 is 0.861 bits per heavy atom. The molecule has 2 amide bonds. The minimum Gasteiger partial charge on any atom is -0.322 e. The number of amides is 2. The number of nitrogens with zero attached hydrogens (tertiary/aromatic N) is 1. The van der Waals surface area contributed by atoms with Crippen LogP contribution in [-0.2, 0) is 25.1 Å². The first-order chi connectivity index (χ1) is 17.6. The fourth-order valence-electron chi connectivity index (χ4n) is 4.50. The number of rotatable bonds is 7. The van der Waals surface area contributed by atoms with E-state index in [-0.39, 0.29) is 11.8 Å². The minimum absolute atomic E-state index is 0.193. The number of hydrogen-bond acceptors (Lipinski definition) is 4. The highest BCUT2D eigenvalue weighted by atomic mass is 35.5. The summed E-state index contributed by atoms with van der Waals surface area (Å²) in [5.74, 6) is -0.0974. The maximum Gasteiger partial charge on any atom is 0.258 e. The highest BCUT2D eigenvalue weighted by molar-refractivity contribution is 7.17. The molecule has 182 valence electrons. The van der Waals surface area contributed by atoms with Crippen molar-refractivity contribution in [2.24, 2.45) is 0 Å². The Bertz CT molecular complexity index is 1380. The van der Waals surface area contributed by atoms with Crippen molar-refractivity contribution in [3.05, 3.63) is 111 Å². The summed E-state index contributed by atoms with van der Waals surface area (Å²) >= 11 is 7.45. The molecular formula is C29H26ClN3O2S. The average molecular weight is 516 g/mol. The topological polar surface area (TPSA) is 71.1 Å². The smallest absolute Gasteiger partial charge is 0.258 e. The molecule has 0 atom stereocenters. The van der Waals surface area contributed by atoms with Gasteiger partial charge in [0.15, 0.2) is 0 Å². The van der Waals surface area contributed by atoms with Crippen LogP contribution >= 0.6 is 22.9 Å². The molecule has 0 fully saturated rings. The van der Waals surface area contributed by atoms with Crippen molar-refractivity contribution in [2.45, 2.75) is 38.0 Å². The molecule has 4 aromatic rings. The number of carbonyl (C=O) groups excluding carboxylic acids is 2. The number of hydrogen-bond donors (Lipinski definition) is 2. The van der Waals surface area contributed by atoms with E-state index in [9.17, 15) is 9.59 Å². The lowest BCUT2D eigenvalue weighted by molar-refractivity contribution is 0.102. The molecule has 0 aliphatic heterocycles. The van der Waals surface area contributed by atoms with Crippen LogP contribution in [0, 0.1) is 0 Å². The van der Waals surface area contributed by atoms with Crippen LogP contribution in [0.2, 0.25) is 0 Å². The van der Waals surface area contributed by atoms with E-state index in [0.29, 0.717) is 22.0 Å². The van der Waals surface area contributed by atoms with Crippen molar-refractivity contribution in [1.82, 2.24) is 4.98 Å². The lowest BCUT2D eigenvalue weighted by Crippen LogP contribution is -2.18. The first-order valence-corrected chi connectivity index (χ1v) is 13.4. The Kier molecular flexibility index (Phi) is 7.44. The SMILES string of the molecule is O=C(Nc1sc2c(c1C(=O)Nc1ccc(Cc3ccncc3)cc1)CCCC2)c1cccc(CCl)c1. The van der Waals surface area contributed by atoms with E-state index in [1.165, 1.54) is 21.8 Å². The van der Waals surface area contributed by atoms with Crippen molar-refractivity contribution in [3.8, 4) is 0 Å². The van der Waals surface area contributed by atoms with Crippen LogP contribution in [-0.4, -0.2) is 16.8 Å². The number of aryl methyl sites for hydroxylation is 1. The normalized spacial score (nSPS) is 12.6. The quantitative estimate of drug-likeness (QED) is 0.264. The zero-order chi connectivity index (χ0) is 24.9. The van der Waals surface area contributed by atoms with Crippen molar-refractivity contribution < 1.29 is 9.59 Å². The molecule has 1 aliphatic rings. The predicted molar refractivity (Wildman–Crippen MR) is 146 cm³/mol. The van der Waals surface area contributed by atoms with E-state index < -0.39 is 0 Å². The summed E-state index contributed by atoms with van der Waals surface area (Å²) in [5, 5.41) is 6.66. The second kappa shape index (κ2) is 11.1. The fraction of sp³-hybridized carbons (Fsp3) is 0.207. The van der Waals surface area contributed by atoms with Crippen molar-refractivity contribution in [2.75, 3.05) is 10.6 Å².